The number of nitrogens with zero attached hydrogens (tertiary/aromatic N) is 1. The highest BCUT2D eigenvalue weighted by molar-refractivity contribution is 14.1. The van der Waals surface area contributed by atoms with Gasteiger partial charge < -0.3 is 0 Å². The Morgan fingerprint density at radius 1 is 1.00 bits per heavy atom. The molecule has 80 valence electrons. The Morgan fingerprint density at radius 2 is 1.75 bits per heavy atom. The minimum absolute atomic E-state index is 1.01. The van der Waals surface area contributed by atoms with Crippen molar-refractivity contribution in [2.24, 2.45) is 0 Å². The first-order valence-electron chi connectivity index (χ1n) is 4.97. The van der Waals surface area contributed by atoms with Crippen molar-refractivity contribution in [1.29, 1.82) is 0 Å². The van der Waals surface area contributed by atoms with Gasteiger partial charge in [-0.05, 0) is 40.8 Å². The van der Waals surface area contributed by atoms with Crippen LogP contribution in [0.4, 0.5) is 0 Å². The van der Waals surface area contributed by atoms with Gasteiger partial charge in [-0.3, -0.25) is 3.97 Å². The Bertz CT molecular complexity index is 700. The highest BCUT2D eigenvalue weighted by atomic mass is 127. The lowest BCUT2D eigenvalue weighted by Crippen LogP contribution is -1.81. The van der Waals surface area contributed by atoms with Crippen molar-refractivity contribution in [1.82, 2.24) is 3.97 Å². The zero-order valence-electron chi connectivity index (χ0n) is 8.52. The molecule has 0 spiro atoms. The normalized spacial score (nSPS) is 11.3. The monoisotopic (exact) mass is 339 g/mol. The first kappa shape index (κ1) is 10.4. The predicted octanol–water partition coefficient (Wildman–Crippen LogP) is 4.06. The highest BCUT2D eigenvalue weighted by Gasteiger charge is 2.07. The number of fused-ring (bicyclic) bond motifs is 3. The van der Waals surface area contributed by atoms with E-state index in [1.165, 1.54) is 25.4 Å². The molecule has 3 rings (SSSR count). The molecule has 0 unspecified atom stereocenters. The maximum Gasteiger partial charge on any atom is 0.0607 e. The van der Waals surface area contributed by atoms with Crippen LogP contribution in [0.15, 0.2) is 42.5 Å². The minimum Gasteiger partial charge on any atom is -0.293 e. The molecule has 0 atom stereocenters. The van der Waals surface area contributed by atoms with Crippen molar-refractivity contribution < 1.29 is 0 Å². The molecule has 1 aromatic heterocycles. The fourth-order valence-corrected chi connectivity index (χ4v) is 3.20. The van der Waals surface area contributed by atoms with E-state index in [9.17, 15) is 0 Å². The summed E-state index contributed by atoms with van der Waals surface area (Å²) in [5.41, 5.74) is 2.53. The molecule has 0 saturated carbocycles. The molecule has 1 heterocycles. The maximum atomic E-state index is 3.99. The number of halogens is 1. The Morgan fingerprint density at radius 3 is 2.56 bits per heavy atom. The van der Waals surface area contributed by atoms with Crippen LogP contribution in [0.2, 0.25) is 0 Å². The number of aromatic nitrogens is 1. The van der Waals surface area contributed by atoms with Crippen molar-refractivity contribution in [3.63, 3.8) is 0 Å². The molecular weight excluding hydrogens is 329 g/mol. The standard InChI is InChI=1S/C13H10INS/c1-16-15-12-5-3-2-4-10(12)11-7-6-9(14)8-13(11)15/h2-8,16H,1H2. The van der Waals surface area contributed by atoms with Crippen molar-refractivity contribution in [2.75, 3.05) is 0 Å². The van der Waals surface area contributed by atoms with Gasteiger partial charge in [-0.15, -0.1) is 11.5 Å². The van der Waals surface area contributed by atoms with Gasteiger partial charge in [0.15, 0.2) is 0 Å². The fraction of sp³-hybridized carbons (Fsp3) is 0. The SMILES string of the molecule is C=[SH]n1c2ccccc2c2ccc(I)cc21. The maximum absolute atomic E-state index is 3.99. The van der Waals surface area contributed by atoms with E-state index in [2.05, 4.69) is 74.9 Å². The number of rotatable bonds is 1. The van der Waals surface area contributed by atoms with E-state index < -0.39 is 0 Å². The number of para-hydroxylation sites is 1. The van der Waals surface area contributed by atoms with Crippen LogP contribution < -0.4 is 0 Å². The summed E-state index contributed by atoms with van der Waals surface area (Å²) in [6, 6.07) is 15.1. The molecular formula is C13H10INS. The lowest BCUT2D eigenvalue weighted by Gasteiger charge is -1.99. The van der Waals surface area contributed by atoms with Crippen LogP contribution in [0.1, 0.15) is 0 Å². The summed E-state index contributed by atoms with van der Waals surface area (Å²) >= 11 is 3.36. The summed E-state index contributed by atoms with van der Waals surface area (Å²) in [7, 11) is 0. The van der Waals surface area contributed by atoms with Crippen LogP contribution in [-0.2, 0) is 0 Å². The fourth-order valence-electron chi connectivity index (χ4n) is 2.08. The van der Waals surface area contributed by atoms with Gasteiger partial charge >= 0.3 is 0 Å². The van der Waals surface area contributed by atoms with Crippen LogP contribution >= 0.6 is 34.1 Å². The van der Waals surface area contributed by atoms with E-state index in [0.29, 0.717) is 0 Å². The third kappa shape index (κ3) is 1.42. The van der Waals surface area contributed by atoms with Crippen LogP contribution in [0.25, 0.3) is 21.8 Å². The van der Waals surface area contributed by atoms with Gasteiger partial charge in [-0.1, -0.05) is 30.1 Å². The smallest absolute Gasteiger partial charge is 0.0607 e. The van der Waals surface area contributed by atoms with Gasteiger partial charge in [0.05, 0.1) is 11.0 Å². The Kier molecular flexibility index (Phi) is 2.52. The molecule has 0 saturated heterocycles. The van der Waals surface area contributed by atoms with E-state index in [4.69, 9.17) is 0 Å². The highest BCUT2D eigenvalue weighted by Crippen LogP contribution is 2.31. The van der Waals surface area contributed by atoms with Gasteiger partial charge in [0, 0.05) is 14.3 Å². The summed E-state index contributed by atoms with van der Waals surface area (Å²) < 4.78 is 3.50. The van der Waals surface area contributed by atoms with Gasteiger partial charge in [0.1, 0.15) is 0 Å². The first-order valence-corrected chi connectivity index (χ1v) is 7.08. The Hall–Kier alpha value is -0.810. The number of hydrogen-bond acceptors (Lipinski definition) is 0. The molecule has 0 bridgehead atoms. The van der Waals surface area contributed by atoms with Gasteiger partial charge in [0.2, 0.25) is 0 Å². The lowest BCUT2D eigenvalue weighted by atomic mass is 10.2. The second-order valence-electron chi connectivity index (χ2n) is 3.63. The number of hydrogen-bond donors (Lipinski definition) is 1. The van der Waals surface area contributed by atoms with E-state index in [0.717, 1.165) is 11.5 Å². The average molecular weight is 339 g/mol. The third-order valence-electron chi connectivity index (χ3n) is 2.75. The molecule has 1 nitrogen and oxygen atoms in total. The zero-order valence-corrected chi connectivity index (χ0v) is 11.6. The third-order valence-corrected chi connectivity index (χ3v) is 4.14. The van der Waals surface area contributed by atoms with Gasteiger partial charge in [0.25, 0.3) is 0 Å². The molecule has 0 aliphatic carbocycles. The molecule has 0 aliphatic heterocycles. The Balaban J connectivity index is 2.63. The van der Waals surface area contributed by atoms with Crippen LogP contribution in [-0.4, -0.2) is 9.84 Å². The minimum atomic E-state index is 1.01. The molecule has 0 amide bonds. The molecule has 0 aliphatic rings. The molecule has 16 heavy (non-hydrogen) atoms. The van der Waals surface area contributed by atoms with E-state index in [-0.39, 0.29) is 0 Å². The van der Waals surface area contributed by atoms with E-state index in [1.807, 2.05) is 0 Å². The summed E-state index contributed by atoms with van der Waals surface area (Å²) in [6.45, 7) is 0. The molecule has 3 heteroatoms. The van der Waals surface area contributed by atoms with Gasteiger partial charge in [-0.2, -0.15) is 0 Å². The second kappa shape index (κ2) is 3.89. The van der Waals surface area contributed by atoms with Crippen molar-refractivity contribution >= 4 is 61.8 Å². The van der Waals surface area contributed by atoms with Crippen LogP contribution in [0.3, 0.4) is 0 Å². The Labute approximate surface area is 111 Å². The van der Waals surface area contributed by atoms with Crippen molar-refractivity contribution in [3.8, 4) is 0 Å². The zero-order chi connectivity index (χ0) is 11.1. The van der Waals surface area contributed by atoms with Crippen molar-refractivity contribution in [3.05, 3.63) is 46.0 Å². The van der Waals surface area contributed by atoms with Gasteiger partial charge in [-0.25, -0.2) is 0 Å². The quantitative estimate of drug-likeness (QED) is 0.388. The average Bonchev–Trinajstić information content (AvgIpc) is 2.61. The molecule has 2 aromatic carbocycles. The summed E-state index contributed by atoms with van der Waals surface area (Å²) in [5.74, 6) is 3.99. The first-order chi connectivity index (χ1) is 7.81. The summed E-state index contributed by atoms with van der Waals surface area (Å²) in [4.78, 5) is 0. The number of benzene rings is 2. The molecule has 3 aromatic rings. The topological polar surface area (TPSA) is 4.93 Å². The predicted molar refractivity (Wildman–Crippen MR) is 83.7 cm³/mol. The molecule has 0 N–H and O–H groups in total. The van der Waals surface area contributed by atoms with Crippen LogP contribution in [0.5, 0.6) is 0 Å². The largest absolute Gasteiger partial charge is 0.293 e. The molecule has 0 radical (unpaired) electrons. The second-order valence-corrected chi connectivity index (χ2v) is 5.56. The van der Waals surface area contributed by atoms with E-state index >= 15 is 0 Å². The summed E-state index contributed by atoms with van der Waals surface area (Å²) in [5, 5.41) is 2.62. The van der Waals surface area contributed by atoms with E-state index in [1.54, 1.807) is 0 Å². The van der Waals surface area contributed by atoms with Crippen molar-refractivity contribution in [2.45, 2.75) is 0 Å². The van der Waals surface area contributed by atoms with Crippen LogP contribution in [0, 0.1) is 3.57 Å². The lowest BCUT2D eigenvalue weighted by molar-refractivity contribution is 1.43. The molecule has 0 fully saturated rings. The summed E-state index contributed by atoms with van der Waals surface area (Å²) in [6.07, 6.45) is 0. The number of thiol groups is 1.